The monoisotopic (exact) mass is 280 g/mol. The van der Waals surface area contributed by atoms with Crippen LogP contribution in [-0.4, -0.2) is 36.0 Å². The Morgan fingerprint density at radius 1 is 1.32 bits per heavy atom. The Hall–Kier alpha value is -0.510. The maximum atomic E-state index is 6.28. The van der Waals surface area contributed by atoms with Crippen LogP contribution in [0.4, 0.5) is 0 Å². The molecule has 3 atom stereocenters. The average Bonchev–Trinajstić information content (AvgIpc) is 2.38. The fourth-order valence-electron chi connectivity index (χ4n) is 2.74. The van der Waals surface area contributed by atoms with Gasteiger partial charge in [0.15, 0.2) is 0 Å². The van der Waals surface area contributed by atoms with E-state index in [2.05, 4.69) is 63.2 Å². The van der Waals surface area contributed by atoms with Crippen molar-refractivity contribution in [2.75, 3.05) is 19.1 Å². The van der Waals surface area contributed by atoms with Gasteiger partial charge in [-0.1, -0.05) is 31.2 Å². The van der Waals surface area contributed by atoms with Gasteiger partial charge < -0.3 is 5.73 Å². The van der Waals surface area contributed by atoms with Gasteiger partial charge in [-0.15, -0.1) is 0 Å². The highest BCUT2D eigenvalue weighted by Crippen LogP contribution is 2.28. The molecule has 1 aromatic carbocycles. The molecule has 3 unspecified atom stereocenters. The average molecular weight is 280 g/mol. The number of aryl methyl sites for hydroxylation is 1. The summed E-state index contributed by atoms with van der Waals surface area (Å²) in [6.45, 7) is 6.54. The summed E-state index contributed by atoms with van der Waals surface area (Å²) in [5.41, 5.74) is 8.97. The topological polar surface area (TPSA) is 29.3 Å². The zero-order chi connectivity index (χ0) is 14.4. The number of hydrogen-bond donors (Lipinski definition) is 1. The second-order valence-corrected chi connectivity index (χ2v) is 6.25. The van der Waals surface area contributed by atoms with E-state index in [0.717, 1.165) is 12.2 Å². The highest BCUT2D eigenvalue weighted by molar-refractivity contribution is 7.98. The third-order valence-electron chi connectivity index (χ3n) is 3.85. The van der Waals surface area contributed by atoms with Crippen LogP contribution in [0.25, 0.3) is 0 Å². The molecule has 2 nitrogen and oxygen atoms in total. The van der Waals surface area contributed by atoms with E-state index in [1.165, 1.54) is 11.1 Å². The van der Waals surface area contributed by atoms with Gasteiger partial charge in [0, 0.05) is 23.9 Å². The molecule has 19 heavy (non-hydrogen) atoms. The molecule has 0 saturated heterocycles. The molecule has 2 N–H and O–H groups in total. The molecule has 0 aliphatic heterocycles. The maximum absolute atomic E-state index is 6.28. The molecule has 0 radical (unpaired) electrons. The largest absolute Gasteiger partial charge is 0.326 e. The van der Waals surface area contributed by atoms with E-state index < -0.39 is 0 Å². The van der Waals surface area contributed by atoms with Gasteiger partial charge in [0.1, 0.15) is 0 Å². The first-order valence-corrected chi connectivity index (χ1v) is 8.44. The highest BCUT2D eigenvalue weighted by atomic mass is 32.2. The Balaban J connectivity index is 3.04. The smallest absolute Gasteiger partial charge is 0.0499 e. The number of rotatable bonds is 7. The minimum absolute atomic E-state index is 0.127. The molecule has 0 spiro atoms. The van der Waals surface area contributed by atoms with Gasteiger partial charge in [0.2, 0.25) is 0 Å². The lowest BCUT2D eigenvalue weighted by molar-refractivity contribution is 0.164. The quantitative estimate of drug-likeness (QED) is 0.829. The molecule has 0 fully saturated rings. The summed E-state index contributed by atoms with van der Waals surface area (Å²) in [6, 6.07) is 9.59. The number of hydrogen-bond acceptors (Lipinski definition) is 3. The molecule has 1 rings (SSSR count). The van der Waals surface area contributed by atoms with Crippen LogP contribution >= 0.6 is 11.8 Å². The first-order chi connectivity index (χ1) is 9.02. The summed E-state index contributed by atoms with van der Waals surface area (Å²) in [5.74, 6) is 1.15. The summed E-state index contributed by atoms with van der Waals surface area (Å²) < 4.78 is 0. The molecular weight excluding hydrogens is 252 g/mol. The van der Waals surface area contributed by atoms with Gasteiger partial charge in [-0.2, -0.15) is 11.8 Å². The lowest BCUT2D eigenvalue weighted by Crippen LogP contribution is -2.44. The molecule has 0 aliphatic rings. The Labute approximate surface area is 122 Å². The van der Waals surface area contributed by atoms with Crippen molar-refractivity contribution < 1.29 is 0 Å². The lowest BCUT2D eigenvalue weighted by atomic mass is 9.94. The zero-order valence-electron chi connectivity index (χ0n) is 12.9. The van der Waals surface area contributed by atoms with Crippen molar-refractivity contribution in [1.29, 1.82) is 0 Å². The van der Waals surface area contributed by atoms with Crippen LogP contribution in [-0.2, 0) is 0 Å². The minimum Gasteiger partial charge on any atom is -0.326 e. The van der Waals surface area contributed by atoms with E-state index in [1.54, 1.807) is 0 Å². The van der Waals surface area contributed by atoms with Crippen LogP contribution in [0.5, 0.6) is 0 Å². The first kappa shape index (κ1) is 16.5. The number of likely N-dealkylation sites (N-methyl/N-ethyl adjacent to an activating group) is 1. The van der Waals surface area contributed by atoms with Gasteiger partial charge in [-0.05, 0) is 44.7 Å². The van der Waals surface area contributed by atoms with E-state index in [0.29, 0.717) is 12.1 Å². The van der Waals surface area contributed by atoms with E-state index in [1.807, 2.05) is 11.8 Å². The maximum Gasteiger partial charge on any atom is 0.0499 e. The molecule has 0 saturated carbocycles. The lowest BCUT2D eigenvalue weighted by Gasteiger charge is -2.37. The summed E-state index contributed by atoms with van der Waals surface area (Å²) >= 11 is 1.91. The van der Waals surface area contributed by atoms with E-state index in [4.69, 9.17) is 5.73 Å². The Bertz CT molecular complexity index is 379. The van der Waals surface area contributed by atoms with Crippen molar-refractivity contribution in [3.63, 3.8) is 0 Å². The standard InChI is InChI=1S/C16H28N2S/c1-6-14(11-19-5)18(4)16(13(3)17)15-10-8-7-9-12(15)2/h7-10,13-14,16H,6,11,17H2,1-5H3. The van der Waals surface area contributed by atoms with E-state index in [9.17, 15) is 0 Å². The van der Waals surface area contributed by atoms with Crippen LogP contribution < -0.4 is 5.73 Å². The molecule has 0 aliphatic carbocycles. The molecule has 0 aromatic heterocycles. The Morgan fingerprint density at radius 3 is 2.42 bits per heavy atom. The van der Waals surface area contributed by atoms with Crippen molar-refractivity contribution in [1.82, 2.24) is 4.90 Å². The van der Waals surface area contributed by atoms with E-state index >= 15 is 0 Å². The Morgan fingerprint density at radius 2 is 1.95 bits per heavy atom. The third-order valence-corrected chi connectivity index (χ3v) is 4.57. The van der Waals surface area contributed by atoms with Crippen molar-refractivity contribution >= 4 is 11.8 Å². The van der Waals surface area contributed by atoms with Crippen LogP contribution in [0, 0.1) is 6.92 Å². The van der Waals surface area contributed by atoms with Crippen LogP contribution in [0.2, 0.25) is 0 Å². The number of benzene rings is 1. The highest BCUT2D eigenvalue weighted by Gasteiger charge is 2.26. The van der Waals surface area contributed by atoms with Crippen LogP contribution in [0.15, 0.2) is 24.3 Å². The zero-order valence-corrected chi connectivity index (χ0v) is 13.7. The summed E-state index contributed by atoms with van der Waals surface area (Å²) in [4.78, 5) is 2.46. The number of nitrogens with zero attached hydrogens (tertiary/aromatic N) is 1. The number of nitrogens with two attached hydrogens (primary N) is 1. The predicted molar refractivity (Wildman–Crippen MR) is 87.8 cm³/mol. The molecule has 3 heteroatoms. The molecule has 0 amide bonds. The third kappa shape index (κ3) is 4.23. The van der Waals surface area contributed by atoms with E-state index in [-0.39, 0.29) is 6.04 Å². The second-order valence-electron chi connectivity index (χ2n) is 5.34. The fourth-order valence-corrected chi connectivity index (χ4v) is 3.59. The molecule has 108 valence electrons. The molecule has 1 aromatic rings. The number of thioether (sulfide) groups is 1. The van der Waals surface area contributed by atoms with Gasteiger partial charge in [0.05, 0.1) is 0 Å². The normalized spacial score (nSPS) is 16.4. The fraction of sp³-hybridized carbons (Fsp3) is 0.625. The van der Waals surface area contributed by atoms with Crippen molar-refractivity contribution in [3.05, 3.63) is 35.4 Å². The summed E-state index contributed by atoms with van der Waals surface area (Å²) in [7, 11) is 2.21. The molecule has 0 heterocycles. The summed E-state index contributed by atoms with van der Waals surface area (Å²) in [5, 5.41) is 0. The minimum atomic E-state index is 0.127. The van der Waals surface area contributed by atoms with Crippen molar-refractivity contribution in [2.45, 2.75) is 45.3 Å². The van der Waals surface area contributed by atoms with Crippen LogP contribution in [0.3, 0.4) is 0 Å². The predicted octanol–water partition coefficient (Wildman–Crippen LogP) is 3.46. The van der Waals surface area contributed by atoms with Gasteiger partial charge in [-0.25, -0.2) is 0 Å². The van der Waals surface area contributed by atoms with Gasteiger partial charge in [-0.3, -0.25) is 4.90 Å². The Kier molecular flexibility index (Phi) is 6.90. The van der Waals surface area contributed by atoms with Gasteiger partial charge >= 0.3 is 0 Å². The molecular formula is C16H28N2S. The molecule has 0 bridgehead atoms. The first-order valence-electron chi connectivity index (χ1n) is 7.04. The van der Waals surface area contributed by atoms with Crippen molar-refractivity contribution in [2.24, 2.45) is 5.73 Å². The van der Waals surface area contributed by atoms with Crippen LogP contribution in [0.1, 0.15) is 37.4 Å². The SMILES string of the molecule is CCC(CSC)N(C)C(c1ccccc1C)C(C)N. The second kappa shape index (κ2) is 7.93. The summed E-state index contributed by atoms with van der Waals surface area (Å²) in [6.07, 6.45) is 3.33. The van der Waals surface area contributed by atoms with Crippen molar-refractivity contribution in [3.8, 4) is 0 Å². The van der Waals surface area contributed by atoms with Gasteiger partial charge in [0.25, 0.3) is 0 Å².